The molecule has 0 radical (unpaired) electrons. The number of benzene rings is 1. The molecule has 6 heteroatoms. The number of nitrogens with one attached hydrogen (secondary N) is 1. The molecule has 86 valence electrons. The number of aromatic nitrogens is 2. The van der Waals surface area contributed by atoms with Crippen LogP contribution in [-0.2, 0) is 0 Å². The highest BCUT2D eigenvalue weighted by molar-refractivity contribution is 9.10. The number of nitrogen functional groups attached to an aromatic ring is 1. The smallest absolute Gasteiger partial charge is 0.249 e. The van der Waals surface area contributed by atoms with Gasteiger partial charge in [0.05, 0.1) is 16.2 Å². The standard InChI is InChI=1S/C11H9BrN4O/c12-8-3-1-2-4-9(8)17-11-7(10(13)14)5-6-15-16-11/h1-6H,(H3,13,14). The highest BCUT2D eigenvalue weighted by atomic mass is 79.9. The second-order valence-corrected chi connectivity index (χ2v) is 4.05. The van der Waals surface area contributed by atoms with Gasteiger partial charge < -0.3 is 10.5 Å². The number of hydrogen-bond acceptors (Lipinski definition) is 4. The first-order chi connectivity index (χ1) is 8.18. The molecule has 2 rings (SSSR count). The Morgan fingerprint density at radius 2 is 2.06 bits per heavy atom. The van der Waals surface area contributed by atoms with E-state index in [9.17, 15) is 0 Å². The Hall–Kier alpha value is -1.95. The molecule has 0 saturated carbocycles. The molecule has 0 fully saturated rings. The molecule has 0 saturated heterocycles. The Morgan fingerprint density at radius 1 is 1.29 bits per heavy atom. The summed E-state index contributed by atoms with van der Waals surface area (Å²) >= 11 is 3.36. The zero-order valence-electron chi connectivity index (χ0n) is 8.72. The normalized spacial score (nSPS) is 9.94. The Balaban J connectivity index is 2.37. The van der Waals surface area contributed by atoms with Crippen molar-refractivity contribution in [3.05, 3.63) is 46.6 Å². The van der Waals surface area contributed by atoms with Gasteiger partial charge in [-0.25, -0.2) is 0 Å². The first kappa shape index (κ1) is 11.5. The first-order valence-electron chi connectivity index (χ1n) is 4.77. The van der Waals surface area contributed by atoms with E-state index in [1.807, 2.05) is 18.2 Å². The van der Waals surface area contributed by atoms with Gasteiger partial charge in [-0.3, -0.25) is 5.41 Å². The van der Waals surface area contributed by atoms with Crippen molar-refractivity contribution >= 4 is 21.8 Å². The number of rotatable bonds is 3. The maximum atomic E-state index is 7.41. The molecular formula is C11H9BrN4O. The number of hydrogen-bond donors (Lipinski definition) is 2. The number of amidine groups is 1. The molecule has 1 heterocycles. The first-order valence-corrected chi connectivity index (χ1v) is 5.56. The summed E-state index contributed by atoms with van der Waals surface area (Å²) in [6.45, 7) is 0. The van der Waals surface area contributed by atoms with Crippen LogP contribution in [0.5, 0.6) is 11.6 Å². The molecule has 17 heavy (non-hydrogen) atoms. The van der Waals surface area contributed by atoms with Gasteiger partial charge in [0, 0.05) is 0 Å². The predicted molar refractivity (Wildman–Crippen MR) is 67.3 cm³/mol. The Morgan fingerprint density at radius 3 is 2.76 bits per heavy atom. The maximum absolute atomic E-state index is 7.41. The van der Waals surface area contributed by atoms with Gasteiger partial charge in [-0.05, 0) is 34.1 Å². The Kier molecular flexibility index (Phi) is 3.34. The molecule has 3 N–H and O–H groups in total. The van der Waals surface area contributed by atoms with Crippen molar-refractivity contribution in [1.82, 2.24) is 10.2 Å². The van der Waals surface area contributed by atoms with Crippen molar-refractivity contribution in [3.8, 4) is 11.6 Å². The van der Waals surface area contributed by atoms with Crippen molar-refractivity contribution in [2.75, 3.05) is 0 Å². The van der Waals surface area contributed by atoms with E-state index in [0.717, 1.165) is 4.47 Å². The molecule has 0 aliphatic carbocycles. The fraction of sp³-hybridized carbons (Fsp3) is 0. The lowest BCUT2D eigenvalue weighted by molar-refractivity contribution is 0.451. The van der Waals surface area contributed by atoms with Crippen LogP contribution in [0.15, 0.2) is 41.0 Å². The average Bonchev–Trinajstić information content (AvgIpc) is 2.32. The van der Waals surface area contributed by atoms with Crippen molar-refractivity contribution in [3.63, 3.8) is 0 Å². The van der Waals surface area contributed by atoms with Crippen LogP contribution in [0.1, 0.15) is 5.56 Å². The van der Waals surface area contributed by atoms with Crippen LogP contribution in [0.3, 0.4) is 0 Å². The zero-order valence-corrected chi connectivity index (χ0v) is 10.3. The quantitative estimate of drug-likeness (QED) is 0.671. The van der Waals surface area contributed by atoms with Crippen molar-refractivity contribution < 1.29 is 4.74 Å². The van der Waals surface area contributed by atoms with E-state index in [2.05, 4.69) is 26.1 Å². The van der Waals surface area contributed by atoms with E-state index in [-0.39, 0.29) is 11.7 Å². The minimum absolute atomic E-state index is 0.109. The van der Waals surface area contributed by atoms with E-state index in [1.165, 1.54) is 6.20 Å². The van der Waals surface area contributed by atoms with Gasteiger partial charge >= 0.3 is 0 Å². The van der Waals surface area contributed by atoms with Crippen molar-refractivity contribution in [2.45, 2.75) is 0 Å². The van der Waals surface area contributed by atoms with Crippen molar-refractivity contribution in [2.24, 2.45) is 5.73 Å². The minimum atomic E-state index is -0.109. The lowest BCUT2D eigenvalue weighted by Crippen LogP contribution is -2.13. The summed E-state index contributed by atoms with van der Waals surface area (Å²) in [5.41, 5.74) is 5.84. The number of nitrogens with zero attached hydrogens (tertiary/aromatic N) is 2. The van der Waals surface area contributed by atoms with Gasteiger partial charge in [0.25, 0.3) is 0 Å². The fourth-order valence-corrected chi connectivity index (χ4v) is 1.60. The van der Waals surface area contributed by atoms with Crippen LogP contribution < -0.4 is 10.5 Å². The van der Waals surface area contributed by atoms with Gasteiger partial charge in [-0.1, -0.05) is 12.1 Å². The van der Waals surface area contributed by atoms with E-state index in [0.29, 0.717) is 11.3 Å². The SMILES string of the molecule is N=C(N)c1ccnnc1Oc1ccccc1Br. The summed E-state index contributed by atoms with van der Waals surface area (Å²) in [6.07, 6.45) is 1.46. The minimum Gasteiger partial charge on any atom is -0.436 e. The average molecular weight is 293 g/mol. The Labute approximate surface area is 106 Å². The summed E-state index contributed by atoms with van der Waals surface area (Å²) in [7, 11) is 0. The van der Waals surface area contributed by atoms with Gasteiger partial charge in [-0.15, -0.1) is 5.10 Å². The summed E-state index contributed by atoms with van der Waals surface area (Å²) in [6, 6.07) is 8.92. The second kappa shape index (κ2) is 4.92. The molecule has 0 amide bonds. The molecule has 0 bridgehead atoms. The zero-order chi connectivity index (χ0) is 12.3. The summed E-state index contributed by atoms with van der Waals surface area (Å²) in [4.78, 5) is 0. The monoisotopic (exact) mass is 292 g/mol. The van der Waals surface area contributed by atoms with E-state index >= 15 is 0 Å². The van der Waals surface area contributed by atoms with Crippen LogP contribution in [0.25, 0.3) is 0 Å². The number of nitrogens with two attached hydrogens (primary N) is 1. The number of halogens is 1. The van der Waals surface area contributed by atoms with Gasteiger partial charge in [0.15, 0.2) is 0 Å². The predicted octanol–water partition coefficient (Wildman–Crippen LogP) is 2.32. The lowest BCUT2D eigenvalue weighted by Gasteiger charge is -2.08. The third-order valence-corrected chi connectivity index (χ3v) is 2.68. The van der Waals surface area contributed by atoms with Crippen LogP contribution in [-0.4, -0.2) is 16.0 Å². The molecule has 0 aliphatic heterocycles. The summed E-state index contributed by atoms with van der Waals surface area (Å²) < 4.78 is 6.35. The molecule has 0 unspecified atom stereocenters. The molecule has 1 aromatic carbocycles. The number of ether oxygens (including phenoxy) is 1. The van der Waals surface area contributed by atoms with Crippen LogP contribution >= 0.6 is 15.9 Å². The molecular weight excluding hydrogens is 284 g/mol. The van der Waals surface area contributed by atoms with Crippen LogP contribution in [0.4, 0.5) is 0 Å². The lowest BCUT2D eigenvalue weighted by atomic mass is 10.3. The van der Waals surface area contributed by atoms with Crippen molar-refractivity contribution in [1.29, 1.82) is 5.41 Å². The maximum Gasteiger partial charge on any atom is 0.249 e. The second-order valence-electron chi connectivity index (χ2n) is 3.20. The third kappa shape index (κ3) is 2.59. The number of para-hydroxylation sites is 1. The molecule has 0 aliphatic rings. The molecule has 0 spiro atoms. The van der Waals surface area contributed by atoms with Gasteiger partial charge in [0.1, 0.15) is 11.6 Å². The van der Waals surface area contributed by atoms with Gasteiger partial charge in [-0.2, -0.15) is 5.10 Å². The van der Waals surface area contributed by atoms with Crippen LogP contribution in [0.2, 0.25) is 0 Å². The largest absolute Gasteiger partial charge is 0.436 e. The fourth-order valence-electron chi connectivity index (χ4n) is 1.23. The highest BCUT2D eigenvalue weighted by Crippen LogP contribution is 2.29. The summed E-state index contributed by atoms with van der Waals surface area (Å²) in [5.74, 6) is 0.698. The van der Waals surface area contributed by atoms with E-state index in [4.69, 9.17) is 15.9 Å². The highest BCUT2D eigenvalue weighted by Gasteiger charge is 2.10. The molecule has 2 aromatic rings. The van der Waals surface area contributed by atoms with Gasteiger partial charge in [0.2, 0.25) is 5.88 Å². The third-order valence-electron chi connectivity index (χ3n) is 2.02. The molecule has 0 atom stereocenters. The van der Waals surface area contributed by atoms with E-state index < -0.39 is 0 Å². The molecule has 1 aromatic heterocycles. The van der Waals surface area contributed by atoms with Crippen LogP contribution in [0, 0.1) is 5.41 Å². The Bertz CT molecular complexity index is 559. The molecule has 5 nitrogen and oxygen atoms in total. The summed E-state index contributed by atoms with van der Waals surface area (Å²) in [5, 5.41) is 14.9. The topological polar surface area (TPSA) is 84.9 Å². The van der Waals surface area contributed by atoms with E-state index in [1.54, 1.807) is 12.1 Å².